The number of nitrogens with one attached hydrogen (secondary N) is 1. The number of anilines is 1. The second-order valence-corrected chi connectivity index (χ2v) is 5.14. The summed E-state index contributed by atoms with van der Waals surface area (Å²) in [6, 6.07) is 1.44. The molecule has 4 nitrogen and oxygen atoms in total. The SMILES string of the molecule is CCN1CCC(Nc2cc(Cl)nc(C(F)(F)F)n2)CC1. The van der Waals surface area contributed by atoms with Gasteiger partial charge < -0.3 is 10.2 Å². The van der Waals surface area contributed by atoms with Gasteiger partial charge in [-0.3, -0.25) is 0 Å². The topological polar surface area (TPSA) is 41.0 Å². The average Bonchev–Trinajstić information content (AvgIpc) is 2.38. The van der Waals surface area contributed by atoms with Gasteiger partial charge in [-0.05, 0) is 19.4 Å². The largest absolute Gasteiger partial charge is 0.451 e. The molecule has 1 aromatic rings. The number of nitrogens with zero attached hydrogens (tertiary/aromatic N) is 3. The summed E-state index contributed by atoms with van der Waals surface area (Å²) in [4.78, 5) is 9.00. The second-order valence-electron chi connectivity index (χ2n) is 4.75. The van der Waals surface area contributed by atoms with Gasteiger partial charge in [0.1, 0.15) is 11.0 Å². The van der Waals surface area contributed by atoms with Gasteiger partial charge in [0.15, 0.2) is 0 Å². The molecule has 2 heterocycles. The maximum Gasteiger partial charge on any atom is 0.451 e. The molecule has 0 amide bonds. The fraction of sp³-hybridized carbons (Fsp3) is 0.667. The highest BCUT2D eigenvalue weighted by Gasteiger charge is 2.35. The zero-order chi connectivity index (χ0) is 14.8. The zero-order valence-corrected chi connectivity index (χ0v) is 11.8. The molecule has 0 atom stereocenters. The van der Waals surface area contributed by atoms with Gasteiger partial charge in [-0.1, -0.05) is 18.5 Å². The first-order valence-corrected chi connectivity index (χ1v) is 6.87. The van der Waals surface area contributed by atoms with Gasteiger partial charge in [0.05, 0.1) is 0 Å². The van der Waals surface area contributed by atoms with Crippen molar-refractivity contribution in [3.8, 4) is 0 Å². The van der Waals surface area contributed by atoms with Crippen LogP contribution in [0.4, 0.5) is 19.0 Å². The molecule has 1 saturated heterocycles. The minimum absolute atomic E-state index is 0.116. The number of halogens is 4. The number of alkyl halides is 3. The summed E-state index contributed by atoms with van der Waals surface area (Å²) in [5.41, 5.74) is 0. The predicted octanol–water partition coefficient (Wildman–Crippen LogP) is 3.05. The van der Waals surface area contributed by atoms with Crippen LogP contribution >= 0.6 is 11.6 Å². The van der Waals surface area contributed by atoms with Crippen molar-refractivity contribution in [2.45, 2.75) is 32.0 Å². The first kappa shape index (κ1) is 15.3. The first-order chi connectivity index (χ1) is 9.38. The monoisotopic (exact) mass is 308 g/mol. The van der Waals surface area contributed by atoms with Gasteiger partial charge in [0.25, 0.3) is 0 Å². The Labute approximate surface area is 120 Å². The van der Waals surface area contributed by atoms with Crippen LogP contribution in [0.25, 0.3) is 0 Å². The van der Waals surface area contributed by atoms with E-state index in [-0.39, 0.29) is 17.0 Å². The Morgan fingerprint density at radius 2 is 2.00 bits per heavy atom. The lowest BCUT2D eigenvalue weighted by Crippen LogP contribution is -2.39. The molecule has 0 spiro atoms. The molecule has 0 bridgehead atoms. The normalized spacial score (nSPS) is 18.2. The van der Waals surface area contributed by atoms with Crippen molar-refractivity contribution < 1.29 is 13.2 Å². The fourth-order valence-corrected chi connectivity index (χ4v) is 2.40. The lowest BCUT2D eigenvalue weighted by molar-refractivity contribution is -0.144. The summed E-state index contributed by atoms with van der Waals surface area (Å²) in [7, 11) is 0. The van der Waals surface area contributed by atoms with Crippen molar-refractivity contribution in [3.63, 3.8) is 0 Å². The Kier molecular flexibility index (Phi) is 4.70. The number of piperidine rings is 1. The number of hydrogen-bond acceptors (Lipinski definition) is 4. The van der Waals surface area contributed by atoms with Crippen LogP contribution in [0.1, 0.15) is 25.6 Å². The van der Waals surface area contributed by atoms with Crippen LogP contribution in [-0.4, -0.2) is 40.5 Å². The summed E-state index contributed by atoms with van der Waals surface area (Å²) >= 11 is 5.62. The van der Waals surface area contributed by atoms with E-state index >= 15 is 0 Å². The maximum absolute atomic E-state index is 12.6. The lowest BCUT2D eigenvalue weighted by atomic mass is 10.1. The van der Waals surface area contributed by atoms with E-state index in [1.165, 1.54) is 6.07 Å². The van der Waals surface area contributed by atoms with E-state index < -0.39 is 12.0 Å². The molecular weight excluding hydrogens is 293 g/mol. The number of likely N-dealkylation sites (tertiary alicyclic amines) is 1. The molecule has 0 saturated carbocycles. The summed E-state index contributed by atoms with van der Waals surface area (Å²) in [6.45, 7) is 4.94. The van der Waals surface area contributed by atoms with Crippen LogP contribution in [0.2, 0.25) is 5.15 Å². The molecular formula is C12H16ClF3N4. The van der Waals surface area contributed by atoms with Gasteiger partial charge in [0, 0.05) is 25.2 Å². The van der Waals surface area contributed by atoms with E-state index in [1.54, 1.807) is 0 Å². The van der Waals surface area contributed by atoms with Gasteiger partial charge in [-0.2, -0.15) is 13.2 Å². The van der Waals surface area contributed by atoms with Crippen molar-refractivity contribution >= 4 is 17.4 Å². The molecule has 8 heteroatoms. The Morgan fingerprint density at radius 1 is 1.35 bits per heavy atom. The third-order valence-corrected chi connectivity index (χ3v) is 3.53. The Morgan fingerprint density at radius 3 is 2.55 bits per heavy atom. The number of aromatic nitrogens is 2. The van der Waals surface area contributed by atoms with Crippen LogP contribution in [0.15, 0.2) is 6.07 Å². The molecule has 112 valence electrons. The second kappa shape index (κ2) is 6.13. The van der Waals surface area contributed by atoms with E-state index in [1.807, 2.05) is 0 Å². The molecule has 0 aliphatic carbocycles. The lowest BCUT2D eigenvalue weighted by Gasteiger charge is -2.31. The molecule has 0 unspecified atom stereocenters. The first-order valence-electron chi connectivity index (χ1n) is 6.49. The maximum atomic E-state index is 12.6. The minimum Gasteiger partial charge on any atom is -0.367 e. The molecule has 1 aliphatic rings. The van der Waals surface area contributed by atoms with Gasteiger partial charge >= 0.3 is 6.18 Å². The van der Waals surface area contributed by atoms with E-state index in [0.717, 1.165) is 32.5 Å². The Balaban J connectivity index is 2.05. The summed E-state index contributed by atoms with van der Waals surface area (Å²) < 4.78 is 37.8. The fourth-order valence-electron chi connectivity index (χ4n) is 2.22. The molecule has 0 radical (unpaired) electrons. The molecule has 0 aromatic carbocycles. The highest BCUT2D eigenvalue weighted by atomic mass is 35.5. The van der Waals surface area contributed by atoms with Crippen LogP contribution < -0.4 is 5.32 Å². The third-order valence-electron chi connectivity index (χ3n) is 3.34. The summed E-state index contributed by atoms with van der Waals surface area (Å²) in [5.74, 6) is -1.08. The number of rotatable bonds is 3. The van der Waals surface area contributed by atoms with Crippen molar-refractivity contribution in [2.24, 2.45) is 0 Å². The van der Waals surface area contributed by atoms with E-state index in [4.69, 9.17) is 11.6 Å². The van der Waals surface area contributed by atoms with Gasteiger partial charge in [-0.25, -0.2) is 9.97 Å². The average molecular weight is 309 g/mol. The number of hydrogen-bond donors (Lipinski definition) is 1. The molecule has 1 aliphatic heterocycles. The van der Waals surface area contributed by atoms with Crippen LogP contribution in [0, 0.1) is 0 Å². The van der Waals surface area contributed by atoms with Crippen molar-refractivity contribution in [3.05, 3.63) is 17.0 Å². The highest BCUT2D eigenvalue weighted by Crippen LogP contribution is 2.28. The zero-order valence-electron chi connectivity index (χ0n) is 11.0. The van der Waals surface area contributed by atoms with Crippen molar-refractivity contribution in [1.29, 1.82) is 0 Å². The van der Waals surface area contributed by atoms with Gasteiger partial charge in [0.2, 0.25) is 5.82 Å². The van der Waals surface area contributed by atoms with E-state index in [9.17, 15) is 13.2 Å². The summed E-state index contributed by atoms with van der Waals surface area (Å²) in [6.07, 6.45) is -2.85. The van der Waals surface area contributed by atoms with Crippen LogP contribution in [-0.2, 0) is 6.18 Å². The molecule has 2 rings (SSSR count). The van der Waals surface area contributed by atoms with E-state index in [2.05, 4.69) is 27.1 Å². The third kappa shape index (κ3) is 3.96. The minimum atomic E-state index is -4.59. The Hall–Kier alpha value is -1.08. The smallest absolute Gasteiger partial charge is 0.367 e. The van der Waals surface area contributed by atoms with Crippen LogP contribution in [0.3, 0.4) is 0 Å². The summed E-state index contributed by atoms with van der Waals surface area (Å²) in [5, 5.41) is 2.81. The molecule has 1 fully saturated rings. The standard InChI is InChI=1S/C12H16ClF3N4/c1-2-20-5-3-8(4-6-20)17-10-7-9(13)18-11(19-10)12(14,15)16/h7-8H,2-6H2,1H3,(H,17,18,19). The van der Waals surface area contributed by atoms with Crippen molar-refractivity contribution in [2.75, 3.05) is 25.0 Å². The molecule has 20 heavy (non-hydrogen) atoms. The van der Waals surface area contributed by atoms with Crippen molar-refractivity contribution in [1.82, 2.24) is 14.9 Å². The van der Waals surface area contributed by atoms with E-state index in [0.29, 0.717) is 0 Å². The Bertz CT molecular complexity index is 459. The highest BCUT2D eigenvalue weighted by molar-refractivity contribution is 6.29. The van der Waals surface area contributed by atoms with Gasteiger partial charge in [-0.15, -0.1) is 0 Å². The quantitative estimate of drug-likeness (QED) is 0.871. The molecule has 1 aromatic heterocycles. The molecule has 1 N–H and O–H groups in total. The van der Waals surface area contributed by atoms with Crippen LogP contribution in [0.5, 0.6) is 0 Å². The predicted molar refractivity (Wildman–Crippen MR) is 70.8 cm³/mol.